The molecule has 0 radical (unpaired) electrons. The van der Waals surface area contributed by atoms with Gasteiger partial charge in [-0.25, -0.2) is 20.8 Å². The van der Waals surface area contributed by atoms with Gasteiger partial charge >= 0.3 is 0 Å². The van der Waals surface area contributed by atoms with Crippen molar-refractivity contribution in [2.45, 2.75) is 12.8 Å². The summed E-state index contributed by atoms with van der Waals surface area (Å²) in [5, 5.41) is 1.38. The number of nitrogens with zero attached hydrogens (tertiary/aromatic N) is 5. The number of allylic oxidation sites excluding steroid dienone is 1. The fraction of sp³-hybridized carbons (Fsp3) is 0.0952. The molecular weight excluding hydrogens is 400 g/mol. The molecule has 0 unspecified atom stereocenters. The van der Waals surface area contributed by atoms with Gasteiger partial charge < -0.3 is 11.5 Å². The molecule has 4 rings (SSSR count). The summed E-state index contributed by atoms with van der Waals surface area (Å²) in [6, 6.07) is 15.2. The minimum absolute atomic E-state index is 0.383. The first kappa shape index (κ1) is 19.7. The van der Waals surface area contributed by atoms with Crippen LogP contribution >= 0.6 is 11.6 Å². The van der Waals surface area contributed by atoms with Gasteiger partial charge in [-0.05, 0) is 48.9 Å². The third-order valence-electron chi connectivity index (χ3n) is 4.53. The number of imidazole rings is 1. The van der Waals surface area contributed by atoms with Crippen molar-refractivity contribution in [3.8, 4) is 17.1 Å². The molecule has 0 aliphatic rings. The predicted octanol–water partition coefficient (Wildman–Crippen LogP) is 3.30. The fourth-order valence-electron chi connectivity index (χ4n) is 3.14. The maximum atomic E-state index is 6.15. The topological polar surface area (TPSA) is 125 Å². The number of aromatic nitrogens is 4. The van der Waals surface area contributed by atoms with E-state index in [4.69, 9.17) is 38.9 Å². The second-order valence-electron chi connectivity index (χ2n) is 6.80. The van der Waals surface area contributed by atoms with Gasteiger partial charge in [0, 0.05) is 29.7 Å². The number of benzene rings is 1. The van der Waals surface area contributed by atoms with Crippen molar-refractivity contribution in [3.05, 3.63) is 72.2 Å². The summed E-state index contributed by atoms with van der Waals surface area (Å²) in [4.78, 5) is 13.7. The summed E-state index contributed by atoms with van der Waals surface area (Å²) in [6.07, 6.45) is 3.25. The van der Waals surface area contributed by atoms with Gasteiger partial charge in [-0.2, -0.15) is 0 Å². The predicted molar refractivity (Wildman–Crippen MR) is 121 cm³/mol. The van der Waals surface area contributed by atoms with Crippen LogP contribution in [0.2, 0.25) is 0 Å². The average Bonchev–Trinajstić information content (AvgIpc) is 3.12. The first-order chi connectivity index (χ1) is 14.5. The summed E-state index contributed by atoms with van der Waals surface area (Å²) in [7, 11) is 0. The number of nitrogen functional groups attached to an aromatic ring is 1. The zero-order valence-corrected chi connectivity index (χ0v) is 17.1. The first-order valence-corrected chi connectivity index (χ1v) is 9.75. The molecule has 30 heavy (non-hydrogen) atoms. The van der Waals surface area contributed by atoms with Crippen molar-refractivity contribution in [1.82, 2.24) is 19.5 Å². The Bertz CT molecular complexity index is 1230. The van der Waals surface area contributed by atoms with Crippen LogP contribution in [0.1, 0.15) is 12.5 Å². The number of hydrazine groups is 1. The van der Waals surface area contributed by atoms with Gasteiger partial charge in [0.05, 0.1) is 5.56 Å². The largest absolute Gasteiger partial charge is 0.401 e. The van der Waals surface area contributed by atoms with Crippen LogP contribution in [0.15, 0.2) is 66.6 Å². The van der Waals surface area contributed by atoms with Gasteiger partial charge in [-0.1, -0.05) is 12.1 Å². The van der Waals surface area contributed by atoms with Crippen molar-refractivity contribution in [2.24, 2.45) is 11.6 Å². The zero-order chi connectivity index (χ0) is 21.3. The minimum atomic E-state index is 0.383. The molecule has 0 amide bonds. The number of halogens is 1. The number of pyridine rings is 2. The Morgan fingerprint density at radius 3 is 2.57 bits per heavy atom. The number of anilines is 2. The summed E-state index contributed by atoms with van der Waals surface area (Å²) >= 11 is 5.95. The van der Waals surface area contributed by atoms with E-state index in [9.17, 15) is 0 Å². The van der Waals surface area contributed by atoms with Crippen molar-refractivity contribution in [1.29, 1.82) is 0 Å². The van der Waals surface area contributed by atoms with Gasteiger partial charge in [-0.15, -0.1) is 11.6 Å². The molecule has 0 atom stereocenters. The van der Waals surface area contributed by atoms with Crippen molar-refractivity contribution < 1.29 is 0 Å². The standard InChI is InChI=1S/C21H21ClN8/c1-13(23)12-29(25)18-9-8-17-21(28-18)30(15-6-4-14(11-22)5-7-15)20(27-17)16-3-2-10-26-19(16)24/h2-10,12H,11,23,25H2,1H3,(H2,24,26)/b13-12-. The van der Waals surface area contributed by atoms with E-state index in [1.807, 2.05) is 47.0 Å². The maximum absolute atomic E-state index is 6.15. The number of rotatable bonds is 5. The first-order valence-electron chi connectivity index (χ1n) is 9.21. The van der Waals surface area contributed by atoms with Crippen molar-refractivity contribution in [3.63, 3.8) is 0 Å². The highest BCUT2D eigenvalue weighted by molar-refractivity contribution is 6.17. The van der Waals surface area contributed by atoms with Gasteiger partial charge in [0.25, 0.3) is 0 Å². The lowest BCUT2D eigenvalue weighted by Crippen LogP contribution is -2.26. The van der Waals surface area contributed by atoms with Crippen molar-refractivity contribution >= 4 is 34.4 Å². The number of nitrogens with two attached hydrogens (primary N) is 3. The quantitative estimate of drug-likeness (QED) is 0.257. The second-order valence-corrected chi connectivity index (χ2v) is 7.07. The Labute approximate surface area is 178 Å². The fourth-order valence-corrected chi connectivity index (χ4v) is 3.32. The van der Waals surface area contributed by atoms with E-state index >= 15 is 0 Å². The molecule has 0 aliphatic heterocycles. The molecular formula is C21H21ClN8. The van der Waals surface area contributed by atoms with E-state index in [1.54, 1.807) is 25.4 Å². The SMILES string of the molecule is C/C(N)=C/N(N)c1ccc2nc(-c3cccnc3N)n(-c3ccc(CCl)cc3)c2n1. The van der Waals surface area contributed by atoms with E-state index < -0.39 is 0 Å². The Hall–Kier alpha value is -3.62. The molecule has 152 valence electrons. The smallest absolute Gasteiger partial charge is 0.167 e. The molecule has 8 nitrogen and oxygen atoms in total. The van der Waals surface area contributed by atoms with E-state index in [-0.39, 0.29) is 0 Å². The van der Waals surface area contributed by atoms with Crippen LogP contribution in [-0.4, -0.2) is 19.5 Å². The zero-order valence-electron chi connectivity index (χ0n) is 16.3. The molecule has 1 aromatic carbocycles. The molecule has 0 aliphatic carbocycles. The minimum Gasteiger partial charge on any atom is -0.401 e. The molecule has 0 saturated heterocycles. The molecule has 0 spiro atoms. The molecule has 0 fully saturated rings. The molecule has 3 heterocycles. The van der Waals surface area contributed by atoms with Crippen LogP contribution in [-0.2, 0) is 5.88 Å². The highest BCUT2D eigenvalue weighted by Crippen LogP contribution is 2.31. The lowest BCUT2D eigenvalue weighted by atomic mass is 10.2. The molecule has 0 saturated carbocycles. The Balaban J connectivity index is 1.98. The van der Waals surface area contributed by atoms with Crippen LogP contribution in [0.3, 0.4) is 0 Å². The number of fused-ring (bicyclic) bond motifs is 1. The third kappa shape index (κ3) is 3.66. The van der Waals surface area contributed by atoms with Gasteiger partial charge in [0.1, 0.15) is 17.2 Å². The average molecular weight is 421 g/mol. The van der Waals surface area contributed by atoms with E-state index in [0.717, 1.165) is 11.3 Å². The molecule has 4 aromatic rings. The Kier molecular flexibility index (Phi) is 5.26. The van der Waals surface area contributed by atoms with Crippen LogP contribution in [0.5, 0.6) is 0 Å². The highest BCUT2D eigenvalue weighted by Gasteiger charge is 2.19. The Morgan fingerprint density at radius 2 is 1.90 bits per heavy atom. The molecule has 9 heteroatoms. The number of alkyl halides is 1. The normalized spacial score (nSPS) is 11.8. The van der Waals surface area contributed by atoms with Crippen molar-refractivity contribution in [2.75, 3.05) is 10.7 Å². The number of hydrogen-bond acceptors (Lipinski definition) is 7. The Morgan fingerprint density at radius 1 is 1.13 bits per heavy atom. The highest BCUT2D eigenvalue weighted by atomic mass is 35.5. The summed E-state index contributed by atoms with van der Waals surface area (Å²) in [5.74, 6) is 8.07. The monoisotopic (exact) mass is 420 g/mol. The second kappa shape index (κ2) is 8.02. The molecule has 6 N–H and O–H groups in total. The molecule has 3 aromatic heterocycles. The van der Waals surface area contributed by atoms with Gasteiger partial charge in [0.2, 0.25) is 0 Å². The molecule has 0 bridgehead atoms. The lowest BCUT2D eigenvalue weighted by molar-refractivity contribution is 1.00. The van der Waals surface area contributed by atoms with E-state index in [1.165, 1.54) is 5.01 Å². The van der Waals surface area contributed by atoms with Gasteiger partial charge in [0.15, 0.2) is 11.5 Å². The summed E-state index contributed by atoms with van der Waals surface area (Å²) in [5.41, 5.74) is 16.4. The van der Waals surface area contributed by atoms with Crippen LogP contribution in [0.25, 0.3) is 28.2 Å². The number of hydrogen-bond donors (Lipinski definition) is 3. The van der Waals surface area contributed by atoms with E-state index in [2.05, 4.69) is 4.98 Å². The third-order valence-corrected chi connectivity index (χ3v) is 4.83. The van der Waals surface area contributed by atoms with E-state index in [0.29, 0.717) is 45.8 Å². The van der Waals surface area contributed by atoms with Crippen LogP contribution in [0.4, 0.5) is 11.6 Å². The summed E-state index contributed by atoms with van der Waals surface area (Å²) in [6.45, 7) is 1.75. The summed E-state index contributed by atoms with van der Waals surface area (Å²) < 4.78 is 1.93. The van der Waals surface area contributed by atoms with Crippen LogP contribution in [0, 0.1) is 0 Å². The van der Waals surface area contributed by atoms with Gasteiger partial charge in [-0.3, -0.25) is 9.58 Å². The van der Waals surface area contributed by atoms with Crippen LogP contribution < -0.4 is 22.3 Å². The maximum Gasteiger partial charge on any atom is 0.167 e. The lowest BCUT2D eigenvalue weighted by Gasteiger charge is -2.14.